The number of amides is 3. The van der Waals surface area contributed by atoms with Crippen LogP contribution in [0, 0.1) is 0 Å². The second-order valence-corrected chi connectivity index (χ2v) is 10.1. The molecule has 0 aromatic heterocycles. The third kappa shape index (κ3) is 5.91. The predicted molar refractivity (Wildman–Crippen MR) is 139 cm³/mol. The number of aliphatic imine (C=N–C) groups is 1. The van der Waals surface area contributed by atoms with Crippen LogP contribution in [0.2, 0.25) is 0 Å². The molecule has 0 saturated carbocycles. The van der Waals surface area contributed by atoms with Crippen LogP contribution in [0.1, 0.15) is 31.2 Å². The summed E-state index contributed by atoms with van der Waals surface area (Å²) in [7, 11) is 3.31. The van der Waals surface area contributed by atoms with Crippen molar-refractivity contribution in [2.24, 2.45) is 4.99 Å². The highest BCUT2D eigenvalue weighted by atomic mass is 32.2. The second kappa shape index (κ2) is 11.7. The van der Waals surface area contributed by atoms with E-state index in [1.54, 1.807) is 14.1 Å². The maximum Gasteiger partial charge on any atom is 0.330 e. The van der Waals surface area contributed by atoms with Crippen LogP contribution in [0.4, 0.5) is 10.5 Å². The summed E-state index contributed by atoms with van der Waals surface area (Å²) in [5, 5.41) is 4.07. The Bertz CT molecular complexity index is 1000. The topological polar surface area (TPSA) is 74.2 Å². The van der Waals surface area contributed by atoms with Crippen LogP contribution >= 0.6 is 11.8 Å². The van der Waals surface area contributed by atoms with E-state index in [1.807, 2.05) is 30.0 Å². The van der Waals surface area contributed by atoms with E-state index in [4.69, 9.17) is 9.73 Å². The summed E-state index contributed by atoms with van der Waals surface area (Å²) in [6.45, 7) is 3.18. The first kappa shape index (κ1) is 24.5. The van der Waals surface area contributed by atoms with Gasteiger partial charge in [0.2, 0.25) is 5.91 Å². The van der Waals surface area contributed by atoms with Crippen molar-refractivity contribution >= 4 is 35.1 Å². The molecule has 3 amide bonds. The zero-order valence-electron chi connectivity index (χ0n) is 20.1. The van der Waals surface area contributed by atoms with Gasteiger partial charge >= 0.3 is 6.03 Å². The van der Waals surface area contributed by atoms with Crippen LogP contribution < -0.4 is 15.0 Å². The standard InChI is InChI=1S/C26H34N4O3S/c1-29(2)26(32)30-23-18-20(10-8-19(23)9-11-25(30)31)33-16-4-3-13-27-14-15-28-22-6-5-7-24-21(22)12-17-34-24/h5-6,8,10,12,18,24,27H,3-4,7,9,11,13-17H2,1-2H3. The van der Waals surface area contributed by atoms with Gasteiger partial charge < -0.3 is 15.0 Å². The maximum atomic E-state index is 12.5. The Morgan fingerprint density at radius 2 is 2.15 bits per heavy atom. The number of ether oxygens (including phenoxy) is 1. The minimum atomic E-state index is -0.322. The highest BCUT2D eigenvalue weighted by Gasteiger charge is 2.31. The molecule has 0 radical (unpaired) electrons. The van der Waals surface area contributed by atoms with Crippen molar-refractivity contribution in [1.29, 1.82) is 0 Å². The van der Waals surface area contributed by atoms with Gasteiger partial charge in [-0.05, 0) is 55.5 Å². The number of rotatable bonds is 9. The number of imide groups is 1. The van der Waals surface area contributed by atoms with E-state index in [-0.39, 0.29) is 11.9 Å². The quantitative estimate of drug-likeness (QED) is 0.542. The first-order valence-corrected chi connectivity index (χ1v) is 13.1. The van der Waals surface area contributed by atoms with Crippen LogP contribution in [0.5, 0.6) is 5.75 Å². The summed E-state index contributed by atoms with van der Waals surface area (Å²) >= 11 is 2.01. The third-order valence-corrected chi connectivity index (χ3v) is 7.39. The largest absolute Gasteiger partial charge is 0.494 e. The summed E-state index contributed by atoms with van der Waals surface area (Å²) in [5.41, 5.74) is 4.22. The molecule has 8 heteroatoms. The number of nitrogens with zero attached hydrogens (tertiary/aromatic N) is 3. The van der Waals surface area contributed by atoms with Crippen molar-refractivity contribution in [3.8, 4) is 5.75 Å². The van der Waals surface area contributed by atoms with Crippen molar-refractivity contribution in [3.63, 3.8) is 0 Å². The van der Waals surface area contributed by atoms with E-state index in [1.165, 1.54) is 15.4 Å². The Kier molecular flexibility index (Phi) is 8.45. The number of unbranched alkanes of at least 4 members (excludes halogenated alkanes) is 1. The number of urea groups is 1. The fraction of sp³-hybridized carbons (Fsp3) is 0.500. The minimum Gasteiger partial charge on any atom is -0.494 e. The molecule has 1 unspecified atom stereocenters. The lowest BCUT2D eigenvalue weighted by Gasteiger charge is -2.30. The van der Waals surface area contributed by atoms with E-state index < -0.39 is 0 Å². The lowest BCUT2D eigenvalue weighted by molar-refractivity contribution is -0.118. The number of allylic oxidation sites excluding steroid dienone is 2. The van der Waals surface area contributed by atoms with E-state index in [9.17, 15) is 9.59 Å². The Labute approximate surface area is 206 Å². The summed E-state index contributed by atoms with van der Waals surface area (Å²) in [6, 6.07) is 5.37. The smallest absolute Gasteiger partial charge is 0.330 e. The first-order valence-electron chi connectivity index (χ1n) is 12.1. The molecular formula is C26H34N4O3S. The predicted octanol–water partition coefficient (Wildman–Crippen LogP) is 3.84. The number of hydrogen-bond donors (Lipinski definition) is 1. The summed E-state index contributed by atoms with van der Waals surface area (Å²) in [5.74, 6) is 1.63. The molecule has 1 aliphatic carbocycles. The number of anilines is 1. The summed E-state index contributed by atoms with van der Waals surface area (Å²) < 4.78 is 5.91. The fourth-order valence-corrected chi connectivity index (χ4v) is 5.51. The number of benzene rings is 1. The normalized spacial score (nSPS) is 20.2. The lowest BCUT2D eigenvalue weighted by Crippen LogP contribution is -2.45. The van der Waals surface area contributed by atoms with E-state index in [2.05, 4.69) is 23.5 Å². The van der Waals surface area contributed by atoms with Gasteiger partial charge in [-0.15, -0.1) is 11.8 Å². The van der Waals surface area contributed by atoms with Crippen LogP contribution in [0.15, 0.2) is 47.0 Å². The molecular weight excluding hydrogens is 448 g/mol. The molecule has 0 spiro atoms. The van der Waals surface area contributed by atoms with Crippen molar-refractivity contribution in [2.75, 3.05) is 51.0 Å². The molecule has 2 aliphatic heterocycles. The van der Waals surface area contributed by atoms with Crippen molar-refractivity contribution in [3.05, 3.63) is 47.6 Å². The van der Waals surface area contributed by atoms with Gasteiger partial charge in [-0.2, -0.15) is 0 Å². The van der Waals surface area contributed by atoms with Gasteiger partial charge in [0.15, 0.2) is 0 Å². The Hall–Kier alpha value is -2.58. The number of carbonyl (C=O) groups excluding carboxylic acids is 2. The van der Waals surface area contributed by atoms with Gasteiger partial charge in [0.25, 0.3) is 0 Å². The van der Waals surface area contributed by atoms with Gasteiger partial charge in [0.1, 0.15) is 5.75 Å². The molecule has 0 saturated heterocycles. The van der Waals surface area contributed by atoms with Gasteiger partial charge in [0.05, 0.1) is 24.6 Å². The number of carbonyl (C=O) groups is 2. The van der Waals surface area contributed by atoms with Crippen LogP contribution in [0.3, 0.4) is 0 Å². The van der Waals surface area contributed by atoms with Crippen molar-refractivity contribution in [1.82, 2.24) is 10.2 Å². The molecule has 0 bridgehead atoms. The number of thioether (sulfide) groups is 1. The van der Waals surface area contributed by atoms with Gasteiger partial charge in [0, 0.05) is 44.1 Å². The molecule has 0 fully saturated rings. The highest BCUT2D eigenvalue weighted by Crippen LogP contribution is 2.34. The average molecular weight is 483 g/mol. The maximum absolute atomic E-state index is 12.5. The van der Waals surface area contributed by atoms with Crippen molar-refractivity contribution < 1.29 is 14.3 Å². The van der Waals surface area contributed by atoms with Gasteiger partial charge in [-0.1, -0.05) is 18.2 Å². The zero-order chi connectivity index (χ0) is 23.9. The summed E-state index contributed by atoms with van der Waals surface area (Å²) in [6.07, 6.45) is 10.8. The first-order chi connectivity index (χ1) is 16.5. The monoisotopic (exact) mass is 482 g/mol. The zero-order valence-corrected chi connectivity index (χ0v) is 20.9. The molecule has 1 N–H and O–H groups in total. The molecule has 1 atom stereocenters. The summed E-state index contributed by atoms with van der Waals surface area (Å²) in [4.78, 5) is 32.3. The highest BCUT2D eigenvalue weighted by molar-refractivity contribution is 8.00. The molecule has 3 aliphatic rings. The average Bonchev–Trinajstić information content (AvgIpc) is 3.32. The second-order valence-electron chi connectivity index (χ2n) is 8.89. The van der Waals surface area contributed by atoms with Crippen LogP contribution in [-0.4, -0.2) is 73.9 Å². The molecule has 182 valence electrons. The van der Waals surface area contributed by atoms with Crippen LogP contribution in [0.25, 0.3) is 0 Å². The molecule has 34 heavy (non-hydrogen) atoms. The fourth-order valence-electron chi connectivity index (χ4n) is 4.36. The van der Waals surface area contributed by atoms with Crippen molar-refractivity contribution in [2.45, 2.75) is 37.4 Å². The SMILES string of the molecule is CN(C)C(=O)N1C(=O)CCc2ccc(OCCCCNCCN=C3C=CCC4SCC=C34)cc21. The van der Waals surface area contributed by atoms with E-state index in [0.717, 1.165) is 55.9 Å². The molecule has 2 heterocycles. The number of aryl methyl sites for hydroxylation is 1. The molecule has 7 nitrogen and oxygen atoms in total. The molecule has 1 aromatic rings. The van der Waals surface area contributed by atoms with E-state index in [0.29, 0.717) is 36.1 Å². The minimum absolute atomic E-state index is 0.169. The Morgan fingerprint density at radius 1 is 1.26 bits per heavy atom. The number of nitrogens with one attached hydrogen (secondary N) is 1. The molecule has 1 aromatic carbocycles. The lowest BCUT2D eigenvalue weighted by atomic mass is 9.98. The van der Waals surface area contributed by atoms with Gasteiger partial charge in [-0.25, -0.2) is 9.69 Å². The number of hydrogen-bond acceptors (Lipinski definition) is 6. The van der Waals surface area contributed by atoms with Crippen LogP contribution in [-0.2, 0) is 11.2 Å². The number of fused-ring (bicyclic) bond motifs is 2. The van der Waals surface area contributed by atoms with Gasteiger partial charge in [-0.3, -0.25) is 9.79 Å². The Morgan fingerprint density at radius 3 is 3.00 bits per heavy atom. The third-order valence-electron chi connectivity index (χ3n) is 6.19. The van der Waals surface area contributed by atoms with E-state index >= 15 is 0 Å². The molecule has 4 rings (SSSR count). The Balaban J connectivity index is 1.16.